The van der Waals surface area contributed by atoms with Gasteiger partial charge in [-0.1, -0.05) is 35.5 Å². The fraction of sp³-hybridized carbons (Fsp3) is 0.100. The van der Waals surface area contributed by atoms with Gasteiger partial charge >= 0.3 is 6.36 Å². The SMILES string of the molecule is O=S(=O)(Nc1ccccc1Cc1nc(-c2ccco2)no1)c1ccccc1OC(F)(F)F. The van der Waals surface area contributed by atoms with Crippen molar-refractivity contribution >= 4 is 15.7 Å². The lowest BCUT2D eigenvalue weighted by Crippen LogP contribution is -2.21. The number of nitrogens with one attached hydrogen (secondary N) is 1. The minimum absolute atomic E-state index is 0.0626. The smallest absolute Gasteiger partial charge is 0.461 e. The first-order valence-electron chi connectivity index (χ1n) is 9.03. The highest BCUT2D eigenvalue weighted by Crippen LogP contribution is 2.31. The van der Waals surface area contributed by atoms with E-state index in [1.165, 1.54) is 24.5 Å². The van der Waals surface area contributed by atoms with Crippen LogP contribution < -0.4 is 9.46 Å². The van der Waals surface area contributed by atoms with Crippen molar-refractivity contribution in [2.75, 3.05) is 4.72 Å². The molecule has 2 aromatic carbocycles. The Labute approximate surface area is 179 Å². The standard InChI is InChI=1S/C20H14F3N3O5S/c21-20(22,23)30-15-8-3-4-10-17(15)32(27,28)26-14-7-2-1-6-13(14)12-18-24-19(25-31-18)16-9-5-11-29-16/h1-11,26H,12H2. The lowest BCUT2D eigenvalue weighted by molar-refractivity contribution is -0.275. The third-order valence-electron chi connectivity index (χ3n) is 4.18. The zero-order valence-electron chi connectivity index (χ0n) is 16.0. The number of halogens is 3. The van der Waals surface area contributed by atoms with E-state index in [9.17, 15) is 21.6 Å². The van der Waals surface area contributed by atoms with Gasteiger partial charge < -0.3 is 13.7 Å². The second-order valence-corrected chi connectivity index (χ2v) is 8.07. The summed E-state index contributed by atoms with van der Waals surface area (Å²) in [4.78, 5) is 3.54. The summed E-state index contributed by atoms with van der Waals surface area (Å²) in [7, 11) is -4.42. The Morgan fingerprint density at radius 1 is 1.00 bits per heavy atom. The topological polar surface area (TPSA) is 107 Å². The maximum absolute atomic E-state index is 12.9. The van der Waals surface area contributed by atoms with Gasteiger partial charge in [0.15, 0.2) is 5.76 Å². The number of furan rings is 1. The highest BCUT2D eigenvalue weighted by Gasteiger charge is 2.34. The van der Waals surface area contributed by atoms with E-state index in [4.69, 9.17) is 8.94 Å². The average molecular weight is 465 g/mol. The summed E-state index contributed by atoms with van der Waals surface area (Å²) >= 11 is 0. The van der Waals surface area contributed by atoms with Gasteiger partial charge in [0.05, 0.1) is 18.4 Å². The highest BCUT2D eigenvalue weighted by molar-refractivity contribution is 7.92. The molecule has 0 unspecified atom stereocenters. The maximum atomic E-state index is 12.9. The molecule has 0 saturated heterocycles. The Kier molecular flexibility index (Phi) is 5.61. The molecule has 0 aliphatic heterocycles. The first-order chi connectivity index (χ1) is 15.2. The Morgan fingerprint density at radius 3 is 2.50 bits per heavy atom. The molecular formula is C20H14F3N3O5S. The van der Waals surface area contributed by atoms with E-state index < -0.39 is 27.0 Å². The molecule has 0 bridgehead atoms. The first-order valence-corrected chi connectivity index (χ1v) is 10.5. The van der Waals surface area contributed by atoms with Crippen LogP contribution in [-0.2, 0) is 16.4 Å². The van der Waals surface area contributed by atoms with E-state index in [0.29, 0.717) is 11.3 Å². The fourth-order valence-electron chi connectivity index (χ4n) is 2.85. The van der Waals surface area contributed by atoms with E-state index in [0.717, 1.165) is 12.1 Å². The van der Waals surface area contributed by atoms with Crippen LogP contribution in [0.1, 0.15) is 11.5 Å². The van der Waals surface area contributed by atoms with Gasteiger partial charge in [-0.25, -0.2) is 8.42 Å². The molecule has 0 aliphatic carbocycles. The molecule has 0 fully saturated rings. The lowest BCUT2D eigenvalue weighted by Gasteiger charge is -2.15. The van der Waals surface area contributed by atoms with Crippen molar-refractivity contribution in [3.05, 3.63) is 78.4 Å². The van der Waals surface area contributed by atoms with Crippen LogP contribution >= 0.6 is 0 Å². The van der Waals surface area contributed by atoms with Crippen LogP contribution in [0.5, 0.6) is 5.75 Å². The summed E-state index contributed by atoms with van der Waals surface area (Å²) < 4.78 is 80.3. The van der Waals surface area contributed by atoms with E-state index in [1.807, 2.05) is 0 Å². The molecule has 0 amide bonds. The monoisotopic (exact) mass is 465 g/mol. The summed E-state index contributed by atoms with van der Waals surface area (Å²) in [5, 5.41) is 3.81. The van der Waals surface area contributed by atoms with Crippen LogP contribution in [0.2, 0.25) is 0 Å². The molecule has 4 rings (SSSR count). The van der Waals surface area contributed by atoms with Crippen LogP contribution in [0.4, 0.5) is 18.9 Å². The van der Waals surface area contributed by atoms with Gasteiger partial charge in [0.1, 0.15) is 10.6 Å². The summed E-state index contributed by atoms with van der Waals surface area (Å²) in [5.41, 5.74) is 0.590. The summed E-state index contributed by atoms with van der Waals surface area (Å²) in [6.07, 6.45) is -3.53. The molecule has 8 nitrogen and oxygen atoms in total. The predicted molar refractivity (Wildman–Crippen MR) is 105 cm³/mol. The van der Waals surface area contributed by atoms with E-state index in [2.05, 4.69) is 19.6 Å². The molecule has 2 aromatic heterocycles. The van der Waals surface area contributed by atoms with Gasteiger partial charge in [-0.2, -0.15) is 4.98 Å². The Morgan fingerprint density at radius 2 is 1.75 bits per heavy atom. The number of sulfonamides is 1. The molecule has 0 atom stereocenters. The van der Waals surface area contributed by atoms with Crippen molar-refractivity contribution in [1.82, 2.24) is 10.1 Å². The zero-order chi connectivity index (χ0) is 22.8. The van der Waals surface area contributed by atoms with E-state index in [1.54, 1.807) is 30.3 Å². The number of hydrogen-bond acceptors (Lipinski definition) is 7. The fourth-order valence-corrected chi connectivity index (χ4v) is 4.08. The van der Waals surface area contributed by atoms with Gasteiger partial charge in [0, 0.05) is 0 Å². The molecule has 0 aliphatic rings. The maximum Gasteiger partial charge on any atom is 0.573 e. The molecule has 1 N–H and O–H groups in total. The van der Waals surface area contributed by atoms with Crippen LogP contribution in [-0.4, -0.2) is 24.9 Å². The average Bonchev–Trinajstić information content (AvgIpc) is 3.40. The number of hydrogen-bond donors (Lipinski definition) is 1. The summed E-state index contributed by atoms with van der Waals surface area (Å²) in [6, 6.07) is 14.1. The minimum atomic E-state index is -5.05. The van der Waals surface area contributed by atoms with E-state index >= 15 is 0 Å². The highest BCUT2D eigenvalue weighted by atomic mass is 32.2. The second kappa shape index (κ2) is 8.38. The molecule has 4 aromatic rings. The molecule has 0 radical (unpaired) electrons. The molecule has 32 heavy (non-hydrogen) atoms. The van der Waals surface area contributed by atoms with Crippen molar-refractivity contribution in [2.24, 2.45) is 0 Å². The third-order valence-corrected chi connectivity index (χ3v) is 5.58. The zero-order valence-corrected chi connectivity index (χ0v) is 16.9. The second-order valence-electron chi connectivity index (χ2n) is 6.42. The number of alkyl halides is 3. The first kappa shape index (κ1) is 21.4. The number of anilines is 1. The number of benzene rings is 2. The van der Waals surface area contributed by atoms with Gasteiger partial charge in [0.2, 0.25) is 11.7 Å². The number of aromatic nitrogens is 2. The van der Waals surface area contributed by atoms with Crippen molar-refractivity contribution in [3.63, 3.8) is 0 Å². The normalized spacial score (nSPS) is 12.0. The van der Waals surface area contributed by atoms with Crippen LogP contribution in [0, 0.1) is 0 Å². The van der Waals surface area contributed by atoms with Crippen molar-refractivity contribution in [1.29, 1.82) is 0 Å². The predicted octanol–water partition coefficient (Wildman–Crippen LogP) is 4.62. The Balaban J connectivity index is 1.60. The van der Waals surface area contributed by atoms with Crippen LogP contribution in [0.3, 0.4) is 0 Å². The number of para-hydroxylation sites is 2. The van der Waals surface area contributed by atoms with Gasteiger partial charge in [-0.05, 0) is 35.9 Å². The number of nitrogens with zero attached hydrogens (tertiary/aromatic N) is 2. The summed E-state index contributed by atoms with van der Waals surface area (Å²) in [5.74, 6) is -0.0367. The lowest BCUT2D eigenvalue weighted by atomic mass is 10.1. The minimum Gasteiger partial charge on any atom is -0.461 e. The Hall–Kier alpha value is -3.80. The van der Waals surface area contributed by atoms with Crippen molar-refractivity contribution < 1.29 is 35.3 Å². The van der Waals surface area contributed by atoms with Crippen molar-refractivity contribution in [2.45, 2.75) is 17.7 Å². The molecular weight excluding hydrogens is 451 g/mol. The Bertz CT molecular complexity index is 1320. The molecule has 2 heterocycles. The number of rotatable bonds is 7. The van der Waals surface area contributed by atoms with Crippen molar-refractivity contribution in [3.8, 4) is 17.3 Å². The molecule has 166 valence electrons. The van der Waals surface area contributed by atoms with Crippen LogP contribution in [0.25, 0.3) is 11.6 Å². The quantitative estimate of drug-likeness (QED) is 0.424. The number of ether oxygens (including phenoxy) is 1. The largest absolute Gasteiger partial charge is 0.573 e. The molecule has 0 saturated carbocycles. The van der Waals surface area contributed by atoms with Crippen LogP contribution in [0.15, 0.2) is 80.8 Å². The molecule has 0 spiro atoms. The van der Waals surface area contributed by atoms with Gasteiger partial charge in [-0.3, -0.25) is 4.72 Å². The summed E-state index contributed by atoms with van der Waals surface area (Å²) in [6.45, 7) is 0. The van der Waals surface area contributed by atoms with Gasteiger partial charge in [-0.15, -0.1) is 13.2 Å². The van der Waals surface area contributed by atoms with Gasteiger partial charge in [0.25, 0.3) is 10.0 Å². The molecule has 12 heteroatoms. The van der Waals surface area contributed by atoms with E-state index in [-0.39, 0.29) is 23.8 Å². The third kappa shape index (κ3) is 4.91.